The molecule has 226 valence electrons. The Morgan fingerprint density at radius 1 is 0.930 bits per heavy atom. The maximum absolute atomic E-state index is 13.6. The summed E-state index contributed by atoms with van der Waals surface area (Å²) in [6.45, 7) is -0.102. The van der Waals surface area contributed by atoms with E-state index in [-0.39, 0.29) is 55.0 Å². The smallest absolute Gasteiger partial charge is 0.269 e. The Bertz CT molecular complexity index is 1950. The number of nitrogens with zero attached hydrogens (tertiary/aromatic N) is 5. The Balaban J connectivity index is 1.99. The van der Waals surface area contributed by atoms with Gasteiger partial charge in [0, 0.05) is 40.3 Å². The van der Waals surface area contributed by atoms with Gasteiger partial charge >= 0.3 is 0 Å². The number of nitro groups is 1. The molecule has 0 aliphatic heterocycles. The van der Waals surface area contributed by atoms with E-state index in [1.54, 1.807) is 6.07 Å². The van der Waals surface area contributed by atoms with Gasteiger partial charge in [0.05, 0.1) is 34.1 Å². The maximum atomic E-state index is 13.6. The zero-order valence-electron chi connectivity index (χ0n) is 23.5. The highest BCUT2D eigenvalue weighted by atomic mass is 35.5. The van der Waals surface area contributed by atoms with Crippen LogP contribution in [0.3, 0.4) is 0 Å². The zero-order valence-corrected chi connectivity index (χ0v) is 25.9. The fourth-order valence-electron chi connectivity index (χ4n) is 4.66. The van der Waals surface area contributed by atoms with Gasteiger partial charge in [-0.1, -0.05) is 23.7 Å². The summed E-state index contributed by atoms with van der Waals surface area (Å²) in [5.41, 5.74) is -1.44. The Labute approximate surface area is 259 Å². The summed E-state index contributed by atoms with van der Waals surface area (Å²) in [7, 11) is 7.05. The lowest BCUT2D eigenvalue weighted by molar-refractivity contribution is -0.384. The average molecular weight is 648 g/mol. The lowest BCUT2D eigenvalue weighted by Gasteiger charge is -2.24. The minimum atomic E-state index is -1.39. The van der Waals surface area contributed by atoms with Gasteiger partial charge in [-0.05, 0) is 47.7 Å². The molecule has 0 fully saturated rings. The van der Waals surface area contributed by atoms with Gasteiger partial charge in [-0.2, -0.15) is 0 Å². The van der Waals surface area contributed by atoms with Crippen molar-refractivity contribution in [1.29, 1.82) is 0 Å². The molecule has 43 heavy (non-hydrogen) atoms. The number of halogens is 1. The maximum Gasteiger partial charge on any atom is 0.269 e. The molecule has 2 N–H and O–H groups in total. The van der Waals surface area contributed by atoms with Crippen LogP contribution in [0.25, 0.3) is 0 Å². The quantitative estimate of drug-likeness (QED) is 0.163. The van der Waals surface area contributed by atoms with Gasteiger partial charge in [-0.15, -0.1) is 0 Å². The van der Waals surface area contributed by atoms with E-state index in [4.69, 9.17) is 45.5 Å². The first kappa shape index (κ1) is 31.5. The van der Waals surface area contributed by atoms with Crippen molar-refractivity contribution in [2.24, 2.45) is 28.2 Å². The van der Waals surface area contributed by atoms with Crippen LogP contribution in [-0.2, 0) is 34.8 Å². The SMILES string of the molecule is COc1cc(C(c2c(O)n(C)c(=S)n(C)c2=O)c2c(O)n(C)c(=S)n(C)c2=O)cc(Cl)c1OCc1cccc([N+](=O)[O-])c1. The van der Waals surface area contributed by atoms with Crippen molar-refractivity contribution in [3.05, 3.63) is 104 Å². The highest BCUT2D eigenvalue weighted by molar-refractivity contribution is 7.71. The highest BCUT2D eigenvalue weighted by Crippen LogP contribution is 2.43. The van der Waals surface area contributed by atoms with Crippen LogP contribution in [0.2, 0.25) is 5.02 Å². The molecule has 0 aliphatic carbocycles. The fraction of sp³-hybridized carbons (Fsp3) is 0.259. The molecule has 2 aromatic carbocycles. The van der Waals surface area contributed by atoms with E-state index in [1.807, 2.05) is 0 Å². The predicted molar refractivity (Wildman–Crippen MR) is 163 cm³/mol. The largest absolute Gasteiger partial charge is 0.494 e. The average Bonchev–Trinajstić information content (AvgIpc) is 2.99. The van der Waals surface area contributed by atoms with Gasteiger partial charge in [-0.3, -0.25) is 38.0 Å². The topological polar surface area (TPSA) is 156 Å². The summed E-state index contributed by atoms with van der Waals surface area (Å²) in [4.78, 5) is 37.9. The molecule has 0 bridgehead atoms. The normalized spacial score (nSPS) is 11.1. The van der Waals surface area contributed by atoms with Gasteiger partial charge < -0.3 is 19.7 Å². The first-order valence-electron chi connectivity index (χ1n) is 12.4. The number of aromatic hydroxyl groups is 2. The fourth-order valence-corrected chi connectivity index (χ4v) is 5.28. The number of ether oxygens (including phenoxy) is 2. The third-order valence-corrected chi connectivity index (χ3v) is 8.38. The molecule has 2 heterocycles. The van der Waals surface area contributed by atoms with Gasteiger partial charge in [0.25, 0.3) is 16.8 Å². The summed E-state index contributed by atoms with van der Waals surface area (Å²) in [5, 5.41) is 33.6. The highest BCUT2D eigenvalue weighted by Gasteiger charge is 2.33. The number of hydrogen-bond donors (Lipinski definition) is 2. The Morgan fingerprint density at radius 2 is 1.47 bits per heavy atom. The molecule has 13 nitrogen and oxygen atoms in total. The van der Waals surface area contributed by atoms with E-state index in [0.29, 0.717) is 5.56 Å². The van der Waals surface area contributed by atoms with E-state index in [2.05, 4.69) is 0 Å². The van der Waals surface area contributed by atoms with Crippen LogP contribution in [-0.4, -0.2) is 40.5 Å². The molecule has 0 radical (unpaired) electrons. The number of rotatable bonds is 8. The summed E-state index contributed by atoms with van der Waals surface area (Å²) < 4.78 is 16.1. The molecular formula is C27H26ClN5O8S2. The molecule has 0 saturated heterocycles. The van der Waals surface area contributed by atoms with Crippen molar-refractivity contribution >= 4 is 41.7 Å². The van der Waals surface area contributed by atoms with Crippen LogP contribution in [0, 0.1) is 19.7 Å². The standard InChI is InChI=1S/C27H26ClN5O8S2/c1-29-22(34)19(23(35)30(2)26(29)42)18(20-24(36)31(3)27(43)32(4)25(20)37)14-10-16(28)21(17(11-14)40-5)41-12-13-7-6-8-15(9-13)33(38)39/h6-11,18,34,36H,12H2,1-5H3. The molecule has 4 rings (SSSR count). The van der Waals surface area contributed by atoms with Crippen molar-refractivity contribution in [3.63, 3.8) is 0 Å². The van der Waals surface area contributed by atoms with E-state index >= 15 is 0 Å². The molecule has 0 spiro atoms. The molecule has 16 heteroatoms. The Morgan fingerprint density at radius 3 is 1.95 bits per heavy atom. The lowest BCUT2D eigenvalue weighted by atomic mass is 9.86. The van der Waals surface area contributed by atoms with Gasteiger partial charge in [0.15, 0.2) is 21.0 Å². The number of benzene rings is 2. The zero-order chi connectivity index (χ0) is 31.9. The van der Waals surface area contributed by atoms with Crippen molar-refractivity contribution in [3.8, 4) is 23.3 Å². The summed E-state index contributed by atoms with van der Waals surface area (Å²) in [6, 6.07) is 8.71. The Kier molecular flexibility index (Phi) is 8.80. The molecule has 2 aromatic heterocycles. The van der Waals surface area contributed by atoms with Crippen molar-refractivity contribution in [1.82, 2.24) is 18.3 Å². The monoisotopic (exact) mass is 647 g/mol. The minimum absolute atomic E-state index is 0.00839. The molecule has 0 aliphatic rings. The van der Waals surface area contributed by atoms with E-state index < -0.39 is 33.7 Å². The van der Waals surface area contributed by atoms with Crippen LogP contribution in [0.4, 0.5) is 5.69 Å². The number of methoxy groups -OCH3 is 1. The number of nitro benzene ring substituents is 1. The number of non-ortho nitro benzene ring substituents is 1. The van der Waals surface area contributed by atoms with Crippen LogP contribution < -0.4 is 20.6 Å². The minimum Gasteiger partial charge on any atom is -0.494 e. The Hall–Kier alpha value is -4.47. The van der Waals surface area contributed by atoms with Crippen molar-refractivity contribution < 1.29 is 24.6 Å². The van der Waals surface area contributed by atoms with Crippen LogP contribution >= 0.6 is 36.0 Å². The first-order valence-corrected chi connectivity index (χ1v) is 13.6. The summed E-state index contributed by atoms with van der Waals surface area (Å²) in [5.74, 6) is -2.31. The number of hydrogen-bond acceptors (Lipinski definition) is 10. The second kappa shape index (κ2) is 12.0. The van der Waals surface area contributed by atoms with Crippen molar-refractivity contribution in [2.75, 3.05) is 7.11 Å². The summed E-state index contributed by atoms with van der Waals surface area (Å²) in [6.07, 6.45) is 0. The van der Waals surface area contributed by atoms with Crippen molar-refractivity contribution in [2.45, 2.75) is 12.5 Å². The van der Waals surface area contributed by atoms with Gasteiger partial charge in [0.2, 0.25) is 11.8 Å². The summed E-state index contributed by atoms with van der Waals surface area (Å²) >= 11 is 17.2. The first-order chi connectivity index (χ1) is 20.2. The third-order valence-electron chi connectivity index (χ3n) is 7.00. The molecule has 0 unspecified atom stereocenters. The van der Waals surface area contributed by atoms with E-state index in [0.717, 1.165) is 9.13 Å². The number of aromatic nitrogens is 4. The van der Waals surface area contributed by atoms with Crippen LogP contribution in [0.5, 0.6) is 23.3 Å². The van der Waals surface area contributed by atoms with Gasteiger partial charge in [-0.25, -0.2) is 0 Å². The predicted octanol–water partition coefficient (Wildman–Crippen LogP) is 3.96. The van der Waals surface area contributed by atoms with Crippen LogP contribution in [0.15, 0.2) is 46.0 Å². The molecule has 0 amide bonds. The second-order valence-electron chi connectivity index (χ2n) is 9.57. The molecule has 4 aromatic rings. The molecule has 0 atom stereocenters. The van der Waals surface area contributed by atoms with Crippen LogP contribution in [0.1, 0.15) is 28.2 Å². The molecular weight excluding hydrogens is 622 g/mol. The lowest BCUT2D eigenvalue weighted by Crippen LogP contribution is -2.33. The van der Waals surface area contributed by atoms with E-state index in [9.17, 15) is 29.9 Å². The molecule has 0 saturated carbocycles. The second-order valence-corrected chi connectivity index (χ2v) is 10.7. The van der Waals surface area contributed by atoms with Gasteiger partial charge in [0.1, 0.15) is 6.61 Å². The third kappa shape index (κ3) is 5.53. The van der Waals surface area contributed by atoms with E-state index in [1.165, 1.54) is 74.8 Å².